The van der Waals surface area contributed by atoms with Gasteiger partial charge in [-0.3, -0.25) is 0 Å². The minimum Gasteiger partial charge on any atom is -0.494 e. The third-order valence-corrected chi connectivity index (χ3v) is 10.9. The maximum absolute atomic E-state index is 12.0. The van der Waals surface area contributed by atoms with Crippen molar-refractivity contribution in [2.24, 2.45) is 5.92 Å². The third-order valence-electron chi connectivity index (χ3n) is 6.46. The van der Waals surface area contributed by atoms with Crippen LogP contribution >= 0.6 is 0 Å². The lowest BCUT2D eigenvalue weighted by molar-refractivity contribution is -0.180. The quantitative estimate of drug-likeness (QED) is 0.597. The van der Waals surface area contributed by atoms with Crippen LogP contribution in [0.25, 0.3) is 0 Å². The lowest BCUT2D eigenvalue weighted by Crippen LogP contribution is -2.48. The van der Waals surface area contributed by atoms with Gasteiger partial charge in [-0.05, 0) is 49.2 Å². The molecule has 1 fully saturated rings. The highest BCUT2D eigenvalue weighted by atomic mass is 28.4. The fraction of sp³-hybridized carbons (Fsp3) is 0.682. The molecular weight excluding hydrogens is 388 g/mol. The van der Waals surface area contributed by atoms with E-state index in [1.54, 1.807) is 25.1 Å². The normalized spacial score (nSPS) is 23.8. The smallest absolute Gasteiger partial charge is 0.339 e. The summed E-state index contributed by atoms with van der Waals surface area (Å²) in [5.41, 5.74) is -0.331. The van der Waals surface area contributed by atoms with Crippen LogP contribution in [0.4, 0.5) is 0 Å². The summed E-state index contributed by atoms with van der Waals surface area (Å²) in [5.74, 6) is -0.747. The van der Waals surface area contributed by atoms with E-state index in [0.29, 0.717) is 37.6 Å². The molecule has 2 rings (SSSR count). The van der Waals surface area contributed by atoms with Gasteiger partial charge in [-0.15, -0.1) is 0 Å². The molecule has 0 bridgehead atoms. The molecule has 1 aromatic carbocycles. The number of hydrogen-bond donors (Lipinski definition) is 2. The Bertz CT molecular complexity index is 727. The van der Waals surface area contributed by atoms with Crippen molar-refractivity contribution in [3.05, 3.63) is 29.3 Å². The number of aliphatic hydroxyl groups excluding tert-OH is 1. The monoisotopic (exact) mass is 424 g/mol. The first-order valence-electron chi connectivity index (χ1n) is 10.3. The van der Waals surface area contributed by atoms with E-state index in [-0.39, 0.29) is 11.0 Å². The summed E-state index contributed by atoms with van der Waals surface area (Å²) in [7, 11) is -1.98. The van der Waals surface area contributed by atoms with Crippen LogP contribution < -0.4 is 4.74 Å². The zero-order chi connectivity index (χ0) is 22.0. The molecule has 0 amide bonds. The molecule has 29 heavy (non-hydrogen) atoms. The van der Waals surface area contributed by atoms with Gasteiger partial charge in [-0.2, -0.15) is 0 Å². The second-order valence-electron chi connectivity index (χ2n) is 9.39. The molecule has 0 saturated carbocycles. The molecule has 6 nitrogen and oxygen atoms in total. The molecule has 0 radical (unpaired) electrons. The summed E-state index contributed by atoms with van der Waals surface area (Å²) in [6.45, 7) is 15.8. The van der Waals surface area contributed by atoms with Crippen molar-refractivity contribution in [2.75, 3.05) is 13.2 Å². The molecule has 1 heterocycles. The van der Waals surface area contributed by atoms with Gasteiger partial charge >= 0.3 is 5.97 Å². The summed E-state index contributed by atoms with van der Waals surface area (Å²) in [6, 6.07) is 5.29. The first-order chi connectivity index (χ1) is 13.4. The third kappa shape index (κ3) is 4.68. The number of carbonyl (C=O) groups is 1. The number of ether oxygens (including phenoxy) is 2. The molecule has 0 aliphatic carbocycles. The van der Waals surface area contributed by atoms with Crippen LogP contribution in [0.3, 0.4) is 0 Å². The Kier molecular flexibility index (Phi) is 7.20. The molecule has 7 heteroatoms. The van der Waals surface area contributed by atoms with E-state index in [1.807, 2.05) is 6.92 Å². The van der Waals surface area contributed by atoms with Crippen LogP contribution in [0, 0.1) is 5.92 Å². The average Bonchev–Trinajstić information content (AvgIpc) is 3.02. The Labute approximate surface area is 175 Å². The minimum atomic E-state index is -1.98. The van der Waals surface area contributed by atoms with Gasteiger partial charge in [0.2, 0.25) is 0 Å². The second kappa shape index (κ2) is 8.76. The lowest BCUT2D eigenvalue weighted by Gasteiger charge is -2.36. The number of carboxylic acid groups (broad SMARTS) is 1. The molecule has 1 aliphatic rings. The van der Waals surface area contributed by atoms with Gasteiger partial charge in [0, 0.05) is 18.1 Å². The molecular formula is C22H36O6Si. The van der Waals surface area contributed by atoms with E-state index >= 15 is 0 Å². The Morgan fingerprint density at radius 3 is 2.52 bits per heavy atom. The van der Waals surface area contributed by atoms with E-state index < -0.39 is 26.0 Å². The molecule has 164 valence electrons. The fourth-order valence-electron chi connectivity index (χ4n) is 3.40. The van der Waals surface area contributed by atoms with E-state index in [2.05, 4.69) is 33.9 Å². The largest absolute Gasteiger partial charge is 0.494 e. The minimum absolute atomic E-state index is 0.0659. The predicted octanol–water partition coefficient (Wildman–Crippen LogP) is 4.52. The number of aliphatic hydroxyl groups is 1. The topological polar surface area (TPSA) is 85.2 Å². The van der Waals surface area contributed by atoms with Gasteiger partial charge in [0.1, 0.15) is 11.9 Å². The molecule has 0 aromatic heterocycles. The van der Waals surface area contributed by atoms with Crippen LogP contribution in [0.5, 0.6) is 5.75 Å². The highest BCUT2D eigenvalue weighted by Crippen LogP contribution is 2.43. The molecule has 1 aromatic rings. The van der Waals surface area contributed by atoms with Crippen LogP contribution in [-0.2, 0) is 20.6 Å². The van der Waals surface area contributed by atoms with Crippen molar-refractivity contribution in [2.45, 2.75) is 77.5 Å². The van der Waals surface area contributed by atoms with Crippen LogP contribution in [0.2, 0.25) is 18.1 Å². The highest BCUT2D eigenvalue weighted by molar-refractivity contribution is 6.74. The van der Waals surface area contributed by atoms with Crippen LogP contribution in [0.1, 0.15) is 58.3 Å². The summed E-state index contributed by atoms with van der Waals surface area (Å²) in [6.07, 6.45) is -0.679. The van der Waals surface area contributed by atoms with Crippen molar-refractivity contribution in [3.63, 3.8) is 0 Å². The molecule has 1 aliphatic heterocycles. The number of carboxylic acids is 1. The van der Waals surface area contributed by atoms with E-state index in [4.69, 9.17) is 13.9 Å². The van der Waals surface area contributed by atoms with Gasteiger partial charge in [0.25, 0.3) is 0 Å². The van der Waals surface area contributed by atoms with Gasteiger partial charge in [-0.25, -0.2) is 4.79 Å². The van der Waals surface area contributed by atoms with Crippen molar-refractivity contribution >= 4 is 14.3 Å². The predicted molar refractivity (Wildman–Crippen MR) is 115 cm³/mol. The van der Waals surface area contributed by atoms with Crippen molar-refractivity contribution in [1.29, 1.82) is 0 Å². The summed E-state index contributed by atoms with van der Waals surface area (Å²) in [4.78, 5) is 12.0. The Morgan fingerprint density at radius 1 is 1.38 bits per heavy atom. The van der Waals surface area contributed by atoms with E-state index in [9.17, 15) is 15.0 Å². The summed E-state index contributed by atoms with van der Waals surface area (Å²) >= 11 is 0. The number of hydrogen-bond acceptors (Lipinski definition) is 5. The van der Waals surface area contributed by atoms with Crippen LogP contribution in [-0.4, -0.2) is 43.3 Å². The Morgan fingerprint density at radius 2 is 2.03 bits per heavy atom. The van der Waals surface area contributed by atoms with Gasteiger partial charge in [0.15, 0.2) is 13.9 Å². The maximum atomic E-state index is 12.0. The zero-order valence-corrected chi connectivity index (χ0v) is 19.7. The average molecular weight is 425 g/mol. The molecule has 1 saturated heterocycles. The van der Waals surface area contributed by atoms with E-state index in [1.165, 1.54) is 0 Å². The maximum Gasteiger partial charge on any atom is 0.339 e. The number of benzene rings is 1. The summed E-state index contributed by atoms with van der Waals surface area (Å²) in [5, 5.41) is 20.9. The standard InChI is InChI=1S/C22H36O6Si/c1-8-26-18-10-9-16(13-17(18)14-28-29(6,7)21(3,4)5)19(23)22(20(24)25)15(2)11-12-27-22/h9-10,13,15,19,23H,8,11-12,14H2,1-7H3,(H,24,25). The Balaban J connectivity index is 2.38. The molecule has 2 N–H and O–H groups in total. The second-order valence-corrected chi connectivity index (χ2v) is 14.2. The first-order valence-corrected chi connectivity index (χ1v) is 13.2. The molecule has 3 atom stereocenters. The number of aliphatic carboxylic acids is 1. The Hall–Kier alpha value is -1.41. The fourth-order valence-corrected chi connectivity index (χ4v) is 4.35. The van der Waals surface area contributed by atoms with Gasteiger partial charge in [0.05, 0.1) is 13.2 Å². The number of rotatable bonds is 8. The van der Waals surface area contributed by atoms with E-state index in [0.717, 1.165) is 5.56 Å². The molecule has 3 unspecified atom stereocenters. The van der Waals surface area contributed by atoms with Gasteiger partial charge < -0.3 is 24.1 Å². The SMILES string of the molecule is CCOc1ccc(C(O)C2(C(=O)O)OCCC2C)cc1CO[Si](C)(C)C(C)(C)C. The van der Waals surface area contributed by atoms with Crippen molar-refractivity contribution in [3.8, 4) is 5.75 Å². The lowest BCUT2D eigenvalue weighted by atomic mass is 9.80. The first kappa shape index (κ1) is 23.9. The zero-order valence-electron chi connectivity index (χ0n) is 18.7. The molecule has 0 spiro atoms. The van der Waals surface area contributed by atoms with Crippen molar-refractivity contribution in [1.82, 2.24) is 0 Å². The van der Waals surface area contributed by atoms with Crippen LogP contribution in [0.15, 0.2) is 18.2 Å². The van der Waals surface area contributed by atoms with Crippen molar-refractivity contribution < 1.29 is 28.9 Å². The van der Waals surface area contributed by atoms with Gasteiger partial charge in [-0.1, -0.05) is 33.8 Å². The highest BCUT2D eigenvalue weighted by Gasteiger charge is 2.55. The summed E-state index contributed by atoms with van der Waals surface area (Å²) < 4.78 is 17.7.